The first-order valence-electron chi connectivity index (χ1n) is 7.32. The second-order valence-corrected chi connectivity index (χ2v) is 5.35. The maximum Gasteiger partial charge on any atom is 0.246 e. The Bertz CT molecular complexity index is 400. The van der Waals surface area contributed by atoms with Gasteiger partial charge in [0.1, 0.15) is 6.61 Å². The molecule has 0 aliphatic carbocycles. The molecular weight excluding hydrogens is 252 g/mol. The maximum absolute atomic E-state index is 11.5. The summed E-state index contributed by atoms with van der Waals surface area (Å²) in [6, 6.07) is 10.9. The zero-order chi connectivity index (χ0) is 14.2. The number of carbonyl (C=O) groups excluding carboxylic acids is 1. The Morgan fingerprint density at radius 3 is 2.65 bits per heavy atom. The van der Waals surface area contributed by atoms with Gasteiger partial charge in [0.05, 0.1) is 0 Å². The fourth-order valence-electron chi connectivity index (χ4n) is 2.63. The van der Waals surface area contributed by atoms with E-state index >= 15 is 0 Å². The molecule has 0 aromatic heterocycles. The van der Waals surface area contributed by atoms with Gasteiger partial charge in [0.15, 0.2) is 0 Å². The van der Waals surface area contributed by atoms with E-state index < -0.39 is 0 Å². The van der Waals surface area contributed by atoms with Gasteiger partial charge in [-0.05, 0) is 24.8 Å². The van der Waals surface area contributed by atoms with Crippen LogP contribution in [0.25, 0.3) is 0 Å². The molecule has 1 aliphatic heterocycles. The number of benzene rings is 1. The van der Waals surface area contributed by atoms with Crippen molar-refractivity contribution in [3.63, 3.8) is 0 Å². The molecule has 2 rings (SSSR count). The summed E-state index contributed by atoms with van der Waals surface area (Å²) in [6.45, 7) is 3.38. The zero-order valence-corrected chi connectivity index (χ0v) is 12.2. The Morgan fingerprint density at radius 2 is 2.00 bits per heavy atom. The molecule has 0 unspecified atom stereocenters. The number of piperidine rings is 1. The van der Waals surface area contributed by atoms with Crippen molar-refractivity contribution in [2.75, 3.05) is 33.4 Å². The normalized spacial score (nSPS) is 17.1. The zero-order valence-electron chi connectivity index (χ0n) is 12.2. The second kappa shape index (κ2) is 8.02. The monoisotopic (exact) mass is 276 g/mol. The van der Waals surface area contributed by atoms with Crippen LogP contribution in [-0.4, -0.2) is 50.2 Å². The Balaban J connectivity index is 1.65. The lowest BCUT2D eigenvalue weighted by Gasteiger charge is -2.32. The highest BCUT2D eigenvalue weighted by atomic mass is 16.5. The van der Waals surface area contributed by atoms with Crippen molar-refractivity contribution in [1.82, 2.24) is 10.2 Å². The van der Waals surface area contributed by atoms with Crippen LogP contribution in [0, 0.1) is 0 Å². The molecule has 1 aliphatic rings. The fourth-order valence-corrected chi connectivity index (χ4v) is 2.63. The lowest BCUT2D eigenvalue weighted by Crippen LogP contribution is -2.45. The number of methoxy groups -OCH3 is 1. The lowest BCUT2D eigenvalue weighted by molar-refractivity contribution is -0.125. The highest BCUT2D eigenvalue weighted by Crippen LogP contribution is 2.11. The molecule has 1 amide bonds. The third-order valence-corrected chi connectivity index (χ3v) is 3.79. The van der Waals surface area contributed by atoms with Gasteiger partial charge in [0, 0.05) is 32.8 Å². The molecule has 0 atom stereocenters. The Kier molecular flexibility index (Phi) is 6.02. The summed E-state index contributed by atoms with van der Waals surface area (Å²) in [5.74, 6) is -0.00441. The summed E-state index contributed by atoms with van der Waals surface area (Å²) in [5, 5.41) is 3.02. The molecule has 110 valence electrons. The van der Waals surface area contributed by atoms with Crippen LogP contribution in [-0.2, 0) is 16.0 Å². The first-order chi connectivity index (χ1) is 9.78. The van der Waals surface area contributed by atoms with Crippen LogP contribution in [0.4, 0.5) is 0 Å². The molecule has 20 heavy (non-hydrogen) atoms. The van der Waals surface area contributed by atoms with Gasteiger partial charge in [-0.25, -0.2) is 0 Å². The van der Waals surface area contributed by atoms with E-state index in [1.807, 2.05) is 0 Å². The average molecular weight is 276 g/mol. The molecule has 0 radical (unpaired) electrons. The molecule has 4 nitrogen and oxygen atoms in total. The van der Waals surface area contributed by atoms with Crippen LogP contribution in [0.15, 0.2) is 30.3 Å². The topological polar surface area (TPSA) is 41.6 Å². The van der Waals surface area contributed by atoms with Gasteiger partial charge in [-0.2, -0.15) is 0 Å². The highest BCUT2D eigenvalue weighted by molar-refractivity contribution is 5.77. The van der Waals surface area contributed by atoms with Crippen LogP contribution in [0.5, 0.6) is 0 Å². The number of hydrogen-bond acceptors (Lipinski definition) is 3. The third-order valence-electron chi connectivity index (χ3n) is 3.79. The van der Waals surface area contributed by atoms with E-state index in [1.165, 1.54) is 5.56 Å². The van der Waals surface area contributed by atoms with Crippen LogP contribution >= 0.6 is 0 Å². The van der Waals surface area contributed by atoms with E-state index in [-0.39, 0.29) is 12.5 Å². The number of likely N-dealkylation sites (tertiary alicyclic amines) is 1. The summed E-state index contributed by atoms with van der Waals surface area (Å²) >= 11 is 0. The Hall–Kier alpha value is -1.39. The minimum atomic E-state index is -0.00441. The van der Waals surface area contributed by atoms with Crippen molar-refractivity contribution in [3.8, 4) is 0 Å². The predicted molar refractivity (Wildman–Crippen MR) is 79.6 cm³/mol. The molecule has 1 saturated heterocycles. The van der Waals surface area contributed by atoms with E-state index in [9.17, 15) is 4.79 Å². The quantitative estimate of drug-likeness (QED) is 0.855. The Morgan fingerprint density at radius 1 is 1.30 bits per heavy atom. The summed E-state index contributed by atoms with van der Waals surface area (Å²) in [4.78, 5) is 13.9. The lowest BCUT2D eigenvalue weighted by atomic mass is 10.0. The van der Waals surface area contributed by atoms with Crippen molar-refractivity contribution in [3.05, 3.63) is 35.9 Å². The first kappa shape index (κ1) is 15.0. The van der Waals surface area contributed by atoms with Crippen LogP contribution in [0.3, 0.4) is 0 Å². The van der Waals surface area contributed by atoms with Gasteiger partial charge in [-0.3, -0.25) is 4.79 Å². The third kappa shape index (κ3) is 4.94. The van der Waals surface area contributed by atoms with E-state index in [2.05, 4.69) is 40.5 Å². The fraction of sp³-hybridized carbons (Fsp3) is 0.562. The minimum absolute atomic E-state index is 0.00441. The smallest absolute Gasteiger partial charge is 0.246 e. The number of nitrogens with one attached hydrogen (secondary N) is 1. The predicted octanol–water partition coefficient (Wildman–Crippen LogP) is 1.46. The van der Waals surface area contributed by atoms with Gasteiger partial charge in [0.2, 0.25) is 5.91 Å². The van der Waals surface area contributed by atoms with E-state index in [0.717, 1.165) is 38.9 Å². The minimum Gasteiger partial charge on any atom is -0.375 e. The van der Waals surface area contributed by atoms with Crippen molar-refractivity contribution in [1.29, 1.82) is 0 Å². The Labute approximate surface area is 121 Å². The van der Waals surface area contributed by atoms with Gasteiger partial charge in [-0.1, -0.05) is 30.3 Å². The molecule has 0 bridgehead atoms. The standard InChI is InChI=1S/C16H24N2O2/c1-20-13-16(19)17-15-8-11-18(12-9-15)10-7-14-5-3-2-4-6-14/h2-6,15H,7-13H2,1H3,(H,17,19). The number of carbonyl (C=O) groups is 1. The number of ether oxygens (including phenoxy) is 1. The van der Waals surface area contributed by atoms with Gasteiger partial charge >= 0.3 is 0 Å². The van der Waals surface area contributed by atoms with E-state index in [1.54, 1.807) is 7.11 Å². The largest absolute Gasteiger partial charge is 0.375 e. The second-order valence-electron chi connectivity index (χ2n) is 5.35. The summed E-state index contributed by atoms with van der Waals surface area (Å²) in [6.07, 6.45) is 3.16. The van der Waals surface area contributed by atoms with Gasteiger partial charge in [0.25, 0.3) is 0 Å². The van der Waals surface area contributed by atoms with Crippen LogP contribution in [0.1, 0.15) is 18.4 Å². The number of hydrogen-bond donors (Lipinski definition) is 1. The molecule has 0 spiro atoms. The van der Waals surface area contributed by atoms with Crippen molar-refractivity contribution in [2.24, 2.45) is 0 Å². The molecule has 4 heteroatoms. The van der Waals surface area contributed by atoms with Crippen molar-refractivity contribution in [2.45, 2.75) is 25.3 Å². The molecule has 1 aromatic carbocycles. The number of rotatable bonds is 6. The number of amides is 1. The molecule has 1 aromatic rings. The summed E-state index contributed by atoms with van der Waals surface area (Å²) < 4.78 is 4.83. The van der Waals surface area contributed by atoms with Crippen molar-refractivity contribution < 1.29 is 9.53 Å². The number of nitrogens with zero attached hydrogens (tertiary/aromatic N) is 1. The van der Waals surface area contributed by atoms with Gasteiger partial charge in [-0.15, -0.1) is 0 Å². The molecule has 1 fully saturated rings. The summed E-state index contributed by atoms with van der Waals surface area (Å²) in [5.41, 5.74) is 1.39. The van der Waals surface area contributed by atoms with Crippen molar-refractivity contribution >= 4 is 5.91 Å². The van der Waals surface area contributed by atoms with Gasteiger partial charge < -0.3 is 15.0 Å². The summed E-state index contributed by atoms with van der Waals surface area (Å²) in [7, 11) is 1.55. The SMILES string of the molecule is COCC(=O)NC1CCN(CCc2ccccc2)CC1. The molecule has 0 saturated carbocycles. The molecular formula is C16H24N2O2. The van der Waals surface area contributed by atoms with Crippen LogP contribution in [0.2, 0.25) is 0 Å². The van der Waals surface area contributed by atoms with Crippen LogP contribution < -0.4 is 5.32 Å². The van der Waals surface area contributed by atoms with E-state index in [4.69, 9.17) is 4.74 Å². The highest BCUT2D eigenvalue weighted by Gasteiger charge is 2.20. The maximum atomic E-state index is 11.5. The molecule has 1 N–H and O–H groups in total. The average Bonchev–Trinajstić information content (AvgIpc) is 2.48. The molecule has 1 heterocycles. The van der Waals surface area contributed by atoms with E-state index in [0.29, 0.717) is 6.04 Å². The first-order valence-corrected chi connectivity index (χ1v) is 7.32.